The number of nitrogens with one attached hydrogen (secondary N) is 1. The van der Waals surface area contributed by atoms with Gasteiger partial charge in [-0.3, -0.25) is 4.79 Å². The highest BCUT2D eigenvalue weighted by Crippen LogP contribution is 2.22. The van der Waals surface area contributed by atoms with Crippen molar-refractivity contribution in [3.8, 4) is 5.88 Å². The number of carbonyl (C=O) groups excluding carboxylic acids is 1. The van der Waals surface area contributed by atoms with Crippen LogP contribution < -0.4 is 10.1 Å². The van der Waals surface area contributed by atoms with E-state index in [1.807, 2.05) is 24.3 Å². The number of halogens is 2. The number of carbonyl (C=O) groups is 1. The highest BCUT2D eigenvalue weighted by atomic mass is 35.5. The number of nitrogens with zero attached hydrogens (tertiary/aromatic N) is 2. The first-order valence-corrected chi connectivity index (χ1v) is 7.09. The minimum Gasteiger partial charge on any atom is -0.466 e. The lowest BCUT2D eigenvalue weighted by atomic mass is 10.2. The number of hydrogen-bond acceptors (Lipinski definition) is 4. The van der Waals surface area contributed by atoms with Gasteiger partial charge in [0.05, 0.1) is 11.2 Å². The average Bonchev–Trinajstić information content (AvgIpc) is 2.56. The van der Waals surface area contributed by atoms with Crippen molar-refractivity contribution >= 4 is 34.0 Å². The highest BCUT2D eigenvalue weighted by molar-refractivity contribution is 6.31. The third-order valence-corrected chi connectivity index (χ3v) is 3.37. The Kier molecular flexibility index (Phi) is 4.34. The number of anilines is 1. The fraction of sp³-hybridized carbons (Fsp3) is 0.0625. The van der Waals surface area contributed by atoms with Crippen LogP contribution in [0.1, 0.15) is 0 Å². The first-order valence-electron chi connectivity index (χ1n) is 6.71. The summed E-state index contributed by atoms with van der Waals surface area (Å²) in [5.74, 6) is -0.690. The third-order valence-electron chi connectivity index (χ3n) is 3.08. The summed E-state index contributed by atoms with van der Waals surface area (Å²) in [7, 11) is 0. The van der Waals surface area contributed by atoms with Crippen LogP contribution in [0.25, 0.3) is 10.8 Å². The minimum absolute atomic E-state index is 0.0661. The molecule has 2 aromatic carbocycles. The van der Waals surface area contributed by atoms with Gasteiger partial charge < -0.3 is 10.1 Å². The molecule has 0 fully saturated rings. The van der Waals surface area contributed by atoms with Crippen LogP contribution in [0.15, 0.2) is 48.7 Å². The van der Waals surface area contributed by atoms with Crippen LogP contribution >= 0.6 is 11.6 Å². The summed E-state index contributed by atoms with van der Waals surface area (Å²) >= 11 is 5.66. The molecule has 7 heteroatoms. The van der Waals surface area contributed by atoms with Gasteiger partial charge in [0.15, 0.2) is 6.61 Å². The zero-order chi connectivity index (χ0) is 16.2. The highest BCUT2D eigenvalue weighted by Gasteiger charge is 2.09. The summed E-state index contributed by atoms with van der Waals surface area (Å²) in [6, 6.07) is 11.3. The van der Waals surface area contributed by atoms with Gasteiger partial charge in [0.25, 0.3) is 5.91 Å². The number of hydrogen-bond donors (Lipinski definition) is 1. The number of amides is 1. The summed E-state index contributed by atoms with van der Waals surface area (Å²) in [6.07, 6.45) is 1.61. The molecule has 1 aromatic heterocycles. The molecule has 0 atom stereocenters. The topological polar surface area (TPSA) is 64.1 Å². The summed E-state index contributed by atoms with van der Waals surface area (Å²) in [6.45, 7) is -0.252. The number of rotatable bonds is 4. The summed E-state index contributed by atoms with van der Waals surface area (Å²) in [4.78, 5) is 11.9. The molecule has 3 rings (SSSR count). The van der Waals surface area contributed by atoms with E-state index in [1.165, 1.54) is 18.2 Å². The molecule has 0 bridgehead atoms. The van der Waals surface area contributed by atoms with Gasteiger partial charge >= 0.3 is 0 Å². The molecule has 5 nitrogen and oxygen atoms in total. The fourth-order valence-corrected chi connectivity index (χ4v) is 2.19. The monoisotopic (exact) mass is 331 g/mol. The number of ether oxygens (including phenoxy) is 1. The molecule has 0 spiro atoms. The zero-order valence-corrected chi connectivity index (χ0v) is 12.5. The van der Waals surface area contributed by atoms with Gasteiger partial charge in [-0.25, -0.2) is 4.39 Å². The minimum atomic E-state index is -0.549. The summed E-state index contributed by atoms with van der Waals surface area (Å²) in [5.41, 5.74) is 0.383. The van der Waals surface area contributed by atoms with E-state index >= 15 is 0 Å². The van der Waals surface area contributed by atoms with Crippen LogP contribution in [0.4, 0.5) is 10.1 Å². The van der Waals surface area contributed by atoms with Crippen LogP contribution in [0.5, 0.6) is 5.88 Å². The second-order valence-electron chi connectivity index (χ2n) is 4.70. The molecule has 0 saturated heterocycles. The lowest BCUT2D eigenvalue weighted by molar-refractivity contribution is -0.118. The summed E-state index contributed by atoms with van der Waals surface area (Å²) in [5, 5.41) is 11.8. The van der Waals surface area contributed by atoms with Crippen molar-refractivity contribution in [2.24, 2.45) is 0 Å². The number of aromatic nitrogens is 2. The van der Waals surface area contributed by atoms with Gasteiger partial charge in [-0.15, -0.1) is 5.10 Å². The molecule has 0 saturated carbocycles. The molecular formula is C16H11ClFN3O2. The predicted molar refractivity (Wildman–Crippen MR) is 85.1 cm³/mol. The predicted octanol–water partition coefficient (Wildman–Crippen LogP) is 3.44. The van der Waals surface area contributed by atoms with Crippen molar-refractivity contribution in [1.29, 1.82) is 0 Å². The molecule has 0 unspecified atom stereocenters. The maximum atomic E-state index is 13.1. The second-order valence-corrected chi connectivity index (χ2v) is 5.11. The van der Waals surface area contributed by atoms with Gasteiger partial charge in [0, 0.05) is 16.5 Å². The Bertz CT molecular complexity index is 868. The molecule has 0 aliphatic heterocycles. The van der Waals surface area contributed by atoms with Crippen molar-refractivity contribution in [3.05, 3.63) is 59.5 Å². The molecule has 1 heterocycles. The van der Waals surface area contributed by atoms with Crippen molar-refractivity contribution in [1.82, 2.24) is 10.2 Å². The van der Waals surface area contributed by atoms with E-state index in [-0.39, 0.29) is 17.5 Å². The SMILES string of the molecule is O=C(COc1nncc2ccccc12)Nc1ccc(F)c(Cl)c1. The first kappa shape index (κ1) is 15.2. The number of benzene rings is 2. The molecule has 23 heavy (non-hydrogen) atoms. The Balaban J connectivity index is 1.67. The average molecular weight is 332 g/mol. The Morgan fingerprint density at radius 1 is 1.26 bits per heavy atom. The van der Waals surface area contributed by atoms with E-state index in [4.69, 9.17) is 16.3 Å². The standard InChI is InChI=1S/C16H11ClFN3O2/c17-13-7-11(5-6-14(13)18)20-15(22)9-23-16-12-4-2-1-3-10(12)8-19-21-16/h1-8H,9H2,(H,20,22). The quantitative estimate of drug-likeness (QED) is 0.795. The van der Waals surface area contributed by atoms with Crippen molar-refractivity contribution in [2.75, 3.05) is 11.9 Å². The molecule has 0 aliphatic carbocycles. The van der Waals surface area contributed by atoms with Crippen LogP contribution in [0, 0.1) is 5.82 Å². The lowest BCUT2D eigenvalue weighted by Crippen LogP contribution is -2.20. The van der Waals surface area contributed by atoms with Gasteiger partial charge in [0.1, 0.15) is 5.82 Å². The summed E-state index contributed by atoms with van der Waals surface area (Å²) < 4.78 is 18.5. The molecule has 1 N–H and O–H groups in total. The Labute approximate surface area is 136 Å². The molecular weight excluding hydrogens is 321 g/mol. The molecule has 0 aliphatic rings. The van der Waals surface area contributed by atoms with Crippen LogP contribution in [-0.2, 0) is 4.79 Å². The van der Waals surface area contributed by atoms with E-state index in [0.717, 1.165) is 10.8 Å². The van der Waals surface area contributed by atoms with Crippen molar-refractivity contribution in [3.63, 3.8) is 0 Å². The Morgan fingerprint density at radius 2 is 2.09 bits per heavy atom. The lowest BCUT2D eigenvalue weighted by Gasteiger charge is -2.08. The number of fused-ring (bicyclic) bond motifs is 1. The maximum Gasteiger partial charge on any atom is 0.262 e. The van der Waals surface area contributed by atoms with Gasteiger partial charge in [-0.05, 0) is 24.3 Å². The van der Waals surface area contributed by atoms with E-state index in [1.54, 1.807) is 6.20 Å². The van der Waals surface area contributed by atoms with E-state index in [9.17, 15) is 9.18 Å². The smallest absolute Gasteiger partial charge is 0.262 e. The zero-order valence-electron chi connectivity index (χ0n) is 11.8. The molecule has 3 aromatic rings. The van der Waals surface area contributed by atoms with E-state index < -0.39 is 11.7 Å². The van der Waals surface area contributed by atoms with Crippen LogP contribution in [0.2, 0.25) is 5.02 Å². The van der Waals surface area contributed by atoms with Gasteiger partial charge in [0.2, 0.25) is 5.88 Å². The normalized spacial score (nSPS) is 10.5. The van der Waals surface area contributed by atoms with Gasteiger partial charge in [-0.1, -0.05) is 29.8 Å². The Morgan fingerprint density at radius 3 is 2.91 bits per heavy atom. The molecule has 1 amide bonds. The van der Waals surface area contributed by atoms with Gasteiger partial charge in [-0.2, -0.15) is 5.10 Å². The Hall–Kier alpha value is -2.73. The van der Waals surface area contributed by atoms with Crippen molar-refractivity contribution < 1.29 is 13.9 Å². The second kappa shape index (κ2) is 6.58. The maximum absolute atomic E-state index is 13.1. The fourth-order valence-electron chi connectivity index (χ4n) is 2.01. The molecule has 116 valence electrons. The van der Waals surface area contributed by atoms with Crippen LogP contribution in [-0.4, -0.2) is 22.7 Å². The van der Waals surface area contributed by atoms with E-state index in [2.05, 4.69) is 15.5 Å². The van der Waals surface area contributed by atoms with E-state index in [0.29, 0.717) is 5.69 Å². The third kappa shape index (κ3) is 3.54. The first-order chi connectivity index (χ1) is 11.1. The van der Waals surface area contributed by atoms with Crippen molar-refractivity contribution in [2.45, 2.75) is 0 Å². The van der Waals surface area contributed by atoms with Crippen LogP contribution in [0.3, 0.4) is 0 Å². The largest absolute Gasteiger partial charge is 0.466 e. The molecule has 0 radical (unpaired) electrons.